The molecule has 26 heavy (non-hydrogen) atoms. The third-order valence-electron chi connectivity index (χ3n) is 5.12. The van der Waals surface area contributed by atoms with Crippen LogP contribution in [0.2, 0.25) is 0 Å². The average Bonchev–Trinajstić information content (AvgIpc) is 3.18. The topological polar surface area (TPSA) is 89.9 Å². The number of nitrogens with zero attached hydrogens (tertiary/aromatic N) is 1. The smallest absolute Gasteiger partial charge is 0.410 e. The Balaban J connectivity index is 1.53. The van der Waals surface area contributed by atoms with Crippen molar-refractivity contribution in [3.05, 3.63) is 59.7 Å². The van der Waals surface area contributed by atoms with Crippen molar-refractivity contribution < 1.29 is 24.5 Å². The molecule has 0 saturated carbocycles. The molecule has 6 nitrogen and oxygen atoms in total. The zero-order chi connectivity index (χ0) is 18.3. The molecule has 0 radical (unpaired) electrons. The third kappa shape index (κ3) is 2.72. The van der Waals surface area contributed by atoms with E-state index in [4.69, 9.17) is 4.74 Å². The molecule has 2 aromatic carbocycles. The molecular weight excluding hydrogens is 334 g/mol. The maximum atomic E-state index is 12.4. The lowest BCUT2D eigenvalue weighted by atomic mass is 9.98. The van der Waals surface area contributed by atoms with Gasteiger partial charge in [-0.2, -0.15) is 0 Å². The van der Waals surface area contributed by atoms with Crippen molar-refractivity contribution in [2.75, 3.05) is 13.2 Å². The minimum atomic E-state index is -1.38. The van der Waals surface area contributed by atoms with Crippen LogP contribution in [0.5, 0.6) is 0 Å². The highest BCUT2D eigenvalue weighted by Gasteiger charge is 2.37. The summed E-state index contributed by atoms with van der Waals surface area (Å²) in [5.74, 6) is -1.48. The zero-order valence-corrected chi connectivity index (χ0v) is 14.0. The Labute approximate surface area is 150 Å². The van der Waals surface area contributed by atoms with Crippen LogP contribution in [0.4, 0.5) is 4.79 Å². The standard InChI is InChI=1S/C20H19NO5/c22-12-9-18(19(23)24)21(10-12)20(25)26-11-17-15-7-3-1-5-13(15)14-6-2-4-8-16(14)17/h1-8,12,17-18,22H,9-11H2,(H,23,24)/p-1/t12-,18-/m1/s1. The molecule has 0 unspecified atom stereocenters. The Kier molecular flexibility index (Phi) is 4.12. The van der Waals surface area contributed by atoms with Crippen LogP contribution in [0.3, 0.4) is 0 Å². The number of carboxylic acid groups (broad SMARTS) is 1. The van der Waals surface area contributed by atoms with Crippen LogP contribution in [0.25, 0.3) is 11.1 Å². The number of carbonyl (C=O) groups excluding carboxylic acids is 2. The molecule has 2 aliphatic rings. The summed E-state index contributed by atoms with van der Waals surface area (Å²) in [5.41, 5.74) is 4.40. The van der Waals surface area contributed by atoms with Gasteiger partial charge in [-0.05, 0) is 22.3 Å². The Morgan fingerprint density at radius 1 is 1.08 bits per heavy atom. The number of carbonyl (C=O) groups is 2. The first-order valence-electron chi connectivity index (χ1n) is 8.57. The maximum Gasteiger partial charge on any atom is 0.410 e. The lowest BCUT2D eigenvalue weighted by Crippen LogP contribution is -2.47. The Bertz CT molecular complexity index is 819. The number of amides is 1. The maximum absolute atomic E-state index is 12.4. The number of hydrogen-bond acceptors (Lipinski definition) is 5. The highest BCUT2D eigenvalue weighted by Crippen LogP contribution is 2.44. The van der Waals surface area contributed by atoms with Crippen LogP contribution in [0.1, 0.15) is 23.5 Å². The van der Waals surface area contributed by atoms with E-state index >= 15 is 0 Å². The molecule has 1 amide bonds. The van der Waals surface area contributed by atoms with E-state index < -0.39 is 24.2 Å². The van der Waals surface area contributed by atoms with Gasteiger partial charge >= 0.3 is 6.09 Å². The highest BCUT2D eigenvalue weighted by molar-refractivity contribution is 5.81. The summed E-state index contributed by atoms with van der Waals surface area (Å²) in [4.78, 5) is 24.6. The molecule has 1 fully saturated rings. The highest BCUT2D eigenvalue weighted by atomic mass is 16.6. The molecule has 1 N–H and O–H groups in total. The van der Waals surface area contributed by atoms with E-state index in [0.717, 1.165) is 27.2 Å². The second kappa shape index (κ2) is 6.46. The molecule has 2 atom stereocenters. The lowest BCUT2D eigenvalue weighted by molar-refractivity contribution is -0.310. The quantitative estimate of drug-likeness (QED) is 0.894. The zero-order valence-electron chi connectivity index (χ0n) is 14.0. The van der Waals surface area contributed by atoms with E-state index in [0.29, 0.717) is 0 Å². The molecule has 1 aliphatic carbocycles. The van der Waals surface area contributed by atoms with E-state index in [-0.39, 0.29) is 25.5 Å². The van der Waals surface area contributed by atoms with Gasteiger partial charge in [-0.15, -0.1) is 0 Å². The number of β-amino-alcohol motifs (C(OH)–C–C–N with tert-alkyl or cyclic N) is 1. The third-order valence-corrected chi connectivity index (χ3v) is 5.12. The SMILES string of the molecule is O=C([O-])[C@H]1C[C@@H](O)CN1C(=O)OCC1c2ccccc2-c2ccccc21. The van der Waals surface area contributed by atoms with Crippen molar-refractivity contribution >= 4 is 12.1 Å². The summed E-state index contributed by atoms with van der Waals surface area (Å²) >= 11 is 0. The van der Waals surface area contributed by atoms with Gasteiger partial charge in [0.2, 0.25) is 0 Å². The van der Waals surface area contributed by atoms with Crippen LogP contribution < -0.4 is 5.11 Å². The molecule has 0 bridgehead atoms. The van der Waals surface area contributed by atoms with Crippen molar-refractivity contribution in [3.8, 4) is 11.1 Å². The second-order valence-electron chi connectivity index (χ2n) is 6.68. The van der Waals surface area contributed by atoms with Gasteiger partial charge in [0.05, 0.1) is 24.7 Å². The van der Waals surface area contributed by atoms with Gasteiger partial charge in [0.15, 0.2) is 0 Å². The van der Waals surface area contributed by atoms with Gasteiger partial charge in [0.25, 0.3) is 0 Å². The number of likely N-dealkylation sites (tertiary alicyclic amines) is 1. The average molecular weight is 352 g/mol. The Morgan fingerprint density at radius 2 is 1.65 bits per heavy atom. The summed E-state index contributed by atoms with van der Waals surface area (Å²) in [7, 11) is 0. The van der Waals surface area contributed by atoms with E-state index in [1.165, 1.54) is 0 Å². The van der Waals surface area contributed by atoms with Crippen molar-refractivity contribution in [3.63, 3.8) is 0 Å². The Morgan fingerprint density at radius 3 is 2.23 bits per heavy atom. The number of aliphatic hydroxyl groups is 1. The summed E-state index contributed by atoms with van der Waals surface area (Å²) in [6.07, 6.45) is -1.65. The number of fused-ring (bicyclic) bond motifs is 3. The van der Waals surface area contributed by atoms with Gasteiger partial charge in [0, 0.05) is 12.3 Å². The van der Waals surface area contributed by atoms with Crippen molar-refractivity contribution in [2.24, 2.45) is 0 Å². The molecule has 134 valence electrons. The predicted molar refractivity (Wildman–Crippen MR) is 91.2 cm³/mol. The molecule has 0 spiro atoms. The number of carboxylic acids is 1. The first-order chi connectivity index (χ1) is 12.6. The molecule has 6 heteroatoms. The normalized spacial score (nSPS) is 21.3. The van der Waals surface area contributed by atoms with E-state index in [1.54, 1.807) is 0 Å². The van der Waals surface area contributed by atoms with Gasteiger partial charge in [-0.1, -0.05) is 48.5 Å². The number of aliphatic hydroxyl groups excluding tert-OH is 1. The number of benzene rings is 2. The molecule has 4 rings (SSSR count). The molecule has 1 aliphatic heterocycles. The van der Waals surface area contributed by atoms with Crippen LogP contribution in [-0.4, -0.2) is 47.4 Å². The predicted octanol–water partition coefficient (Wildman–Crippen LogP) is 1.12. The minimum Gasteiger partial charge on any atom is -0.548 e. The fourth-order valence-electron chi connectivity index (χ4n) is 3.92. The van der Waals surface area contributed by atoms with Crippen LogP contribution in [-0.2, 0) is 9.53 Å². The molecule has 0 aromatic heterocycles. The first-order valence-corrected chi connectivity index (χ1v) is 8.57. The largest absolute Gasteiger partial charge is 0.548 e. The lowest BCUT2D eigenvalue weighted by Gasteiger charge is -2.25. The number of rotatable bonds is 3. The van der Waals surface area contributed by atoms with Gasteiger partial charge in [-0.25, -0.2) is 4.79 Å². The fourth-order valence-corrected chi connectivity index (χ4v) is 3.92. The summed E-state index contributed by atoms with van der Waals surface area (Å²) in [5, 5.41) is 20.8. The Hall–Kier alpha value is -2.86. The molecule has 1 saturated heterocycles. The van der Waals surface area contributed by atoms with Crippen molar-refractivity contribution in [2.45, 2.75) is 24.5 Å². The molecular formula is C20H18NO5-. The summed E-state index contributed by atoms with van der Waals surface area (Å²) < 4.78 is 5.44. The van der Waals surface area contributed by atoms with Crippen LogP contribution >= 0.6 is 0 Å². The van der Waals surface area contributed by atoms with Gasteiger partial charge in [0.1, 0.15) is 6.61 Å². The van der Waals surface area contributed by atoms with Crippen molar-refractivity contribution in [1.29, 1.82) is 0 Å². The van der Waals surface area contributed by atoms with E-state index in [2.05, 4.69) is 0 Å². The van der Waals surface area contributed by atoms with Crippen molar-refractivity contribution in [1.82, 2.24) is 4.90 Å². The number of ether oxygens (including phenoxy) is 1. The number of aliphatic carboxylic acids is 1. The van der Waals surface area contributed by atoms with E-state index in [1.807, 2.05) is 48.5 Å². The molecule has 1 heterocycles. The summed E-state index contributed by atoms with van der Waals surface area (Å²) in [6, 6.07) is 14.8. The van der Waals surface area contributed by atoms with E-state index in [9.17, 15) is 19.8 Å². The summed E-state index contributed by atoms with van der Waals surface area (Å²) in [6.45, 7) is 0.0501. The minimum absolute atomic E-state index is 0.0352. The monoisotopic (exact) mass is 352 g/mol. The van der Waals surface area contributed by atoms with Gasteiger partial charge < -0.3 is 19.7 Å². The fraction of sp³-hybridized carbons (Fsp3) is 0.300. The van der Waals surface area contributed by atoms with Crippen LogP contribution in [0, 0.1) is 0 Å². The second-order valence-corrected chi connectivity index (χ2v) is 6.68. The van der Waals surface area contributed by atoms with Crippen LogP contribution in [0.15, 0.2) is 48.5 Å². The molecule has 2 aromatic rings. The number of hydrogen-bond donors (Lipinski definition) is 1. The van der Waals surface area contributed by atoms with Gasteiger partial charge in [-0.3, -0.25) is 4.90 Å². The first kappa shape index (κ1) is 16.6.